The molecule has 2 amide bonds. The van der Waals surface area contributed by atoms with Crippen molar-refractivity contribution in [2.75, 3.05) is 13.2 Å². The number of rotatable bonds is 6. The Hall–Kier alpha value is -3.32. The highest BCUT2D eigenvalue weighted by atomic mass is 16.5. The second kappa shape index (κ2) is 7.71. The molecule has 3 N–H and O–H groups in total. The van der Waals surface area contributed by atoms with Gasteiger partial charge in [-0.3, -0.25) is 14.8 Å². The van der Waals surface area contributed by atoms with E-state index in [4.69, 9.17) is 9.94 Å². The number of aromatic nitrogens is 1. The minimum Gasteiger partial charge on any atom is -0.492 e. The Kier molecular flexibility index (Phi) is 5.19. The van der Waals surface area contributed by atoms with Gasteiger partial charge in [-0.1, -0.05) is 18.2 Å². The van der Waals surface area contributed by atoms with Crippen LogP contribution in [-0.2, 0) is 7.05 Å². The third kappa shape index (κ3) is 3.68. The largest absolute Gasteiger partial charge is 0.492 e. The fourth-order valence-corrected chi connectivity index (χ4v) is 2.72. The molecular weight excluding hydrogens is 334 g/mol. The summed E-state index contributed by atoms with van der Waals surface area (Å²) in [7, 11) is 1.91. The molecule has 7 nitrogen and oxygen atoms in total. The molecular formula is C19H19N3O4. The van der Waals surface area contributed by atoms with Gasteiger partial charge in [0.15, 0.2) is 0 Å². The van der Waals surface area contributed by atoms with E-state index in [1.54, 1.807) is 17.6 Å². The Labute approximate surface area is 150 Å². The lowest BCUT2D eigenvalue weighted by atomic mass is 10.1. The number of nitrogens with one attached hydrogen (secondary N) is 2. The SMILES string of the molecule is Cn1cc(C(=O)NCCOc2ccc(C(=O)NO)cc2)c2ccccc21. The number of hydrogen-bond acceptors (Lipinski definition) is 4. The van der Waals surface area contributed by atoms with E-state index in [0.717, 1.165) is 10.9 Å². The minimum absolute atomic E-state index is 0.152. The van der Waals surface area contributed by atoms with E-state index < -0.39 is 5.91 Å². The predicted molar refractivity (Wildman–Crippen MR) is 96.4 cm³/mol. The van der Waals surface area contributed by atoms with Crippen molar-refractivity contribution in [2.45, 2.75) is 0 Å². The molecule has 0 radical (unpaired) electrons. The zero-order chi connectivity index (χ0) is 18.5. The highest BCUT2D eigenvalue weighted by Gasteiger charge is 2.13. The lowest BCUT2D eigenvalue weighted by Crippen LogP contribution is -2.28. The molecule has 2 aromatic carbocycles. The number of carbonyl (C=O) groups is 2. The second-order valence-electron chi connectivity index (χ2n) is 5.74. The smallest absolute Gasteiger partial charge is 0.274 e. The lowest BCUT2D eigenvalue weighted by molar-refractivity contribution is 0.0706. The Morgan fingerprint density at radius 2 is 1.81 bits per heavy atom. The van der Waals surface area contributed by atoms with Crippen LogP contribution in [-0.4, -0.2) is 34.7 Å². The van der Waals surface area contributed by atoms with Crippen LogP contribution in [0.15, 0.2) is 54.7 Å². The molecule has 0 atom stereocenters. The van der Waals surface area contributed by atoms with Crippen LogP contribution in [0.1, 0.15) is 20.7 Å². The molecule has 1 heterocycles. The summed E-state index contributed by atoms with van der Waals surface area (Å²) in [5.41, 5.74) is 3.52. The van der Waals surface area contributed by atoms with Crippen LogP contribution in [0.5, 0.6) is 5.75 Å². The summed E-state index contributed by atoms with van der Waals surface area (Å²) in [5.74, 6) is -0.168. The van der Waals surface area contributed by atoms with Gasteiger partial charge in [-0.05, 0) is 30.3 Å². The fourth-order valence-electron chi connectivity index (χ4n) is 2.72. The molecule has 0 fully saturated rings. The molecule has 0 aliphatic rings. The molecule has 0 saturated heterocycles. The van der Waals surface area contributed by atoms with Crippen LogP contribution in [0.3, 0.4) is 0 Å². The average molecular weight is 353 g/mol. The van der Waals surface area contributed by atoms with E-state index in [9.17, 15) is 9.59 Å². The van der Waals surface area contributed by atoms with Crippen LogP contribution < -0.4 is 15.5 Å². The third-order valence-electron chi connectivity index (χ3n) is 4.02. The highest BCUT2D eigenvalue weighted by molar-refractivity contribution is 6.06. The standard InChI is InChI=1S/C19H19N3O4/c1-22-12-16(15-4-2-3-5-17(15)22)19(24)20-10-11-26-14-8-6-13(7-9-14)18(23)21-25/h2-9,12,25H,10-11H2,1H3,(H,20,24)(H,21,23). The van der Waals surface area contributed by atoms with E-state index in [0.29, 0.717) is 30.0 Å². The first-order valence-corrected chi connectivity index (χ1v) is 8.09. The van der Waals surface area contributed by atoms with Gasteiger partial charge in [0.25, 0.3) is 11.8 Å². The van der Waals surface area contributed by atoms with Crippen LogP contribution in [0.4, 0.5) is 0 Å². The summed E-state index contributed by atoms with van der Waals surface area (Å²) in [6.45, 7) is 0.642. The van der Waals surface area contributed by atoms with Gasteiger partial charge in [-0.25, -0.2) is 5.48 Å². The maximum Gasteiger partial charge on any atom is 0.274 e. The first-order valence-electron chi connectivity index (χ1n) is 8.09. The molecule has 0 saturated carbocycles. The number of carbonyl (C=O) groups excluding carboxylic acids is 2. The van der Waals surface area contributed by atoms with E-state index >= 15 is 0 Å². The topological polar surface area (TPSA) is 92.6 Å². The molecule has 26 heavy (non-hydrogen) atoms. The van der Waals surface area contributed by atoms with Crippen molar-refractivity contribution in [1.29, 1.82) is 0 Å². The molecule has 0 bridgehead atoms. The van der Waals surface area contributed by atoms with E-state index in [-0.39, 0.29) is 5.91 Å². The third-order valence-corrected chi connectivity index (χ3v) is 4.02. The molecule has 0 aliphatic heterocycles. The highest BCUT2D eigenvalue weighted by Crippen LogP contribution is 2.20. The Balaban J connectivity index is 1.53. The number of hydroxylamine groups is 1. The Bertz CT molecular complexity index is 932. The zero-order valence-electron chi connectivity index (χ0n) is 14.2. The fraction of sp³-hybridized carbons (Fsp3) is 0.158. The number of para-hydroxylation sites is 1. The summed E-state index contributed by atoms with van der Waals surface area (Å²) in [4.78, 5) is 23.6. The molecule has 0 unspecified atom stereocenters. The quantitative estimate of drug-likeness (QED) is 0.359. The molecule has 3 rings (SSSR count). The van der Waals surface area contributed by atoms with Gasteiger partial charge in [0.2, 0.25) is 0 Å². The number of benzene rings is 2. The number of ether oxygens (including phenoxy) is 1. The van der Waals surface area contributed by atoms with Crippen molar-refractivity contribution in [1.82, 2.24) is 15.4 Å². The van der Waals surface area contributed by atoms with Gasteiger partial charge in [0.1, 0.15) is 12.4 Å². The number of nitrogens with zero attached hydrogens (tertiary/aromatic N) is 1. The summed E-state index contributed by atoms with van der Waals surface area (Å²) < 4.78 is 7.46. The van der Waals surface area contributed by atoms with E-state index in [2.05, 4.69) is 5.32 Å². The summed E-state index contributed by atoms with van der Waals surface area (Å²) >= 11 is 0. The molecule has 1 aromatic heterocycles. The van der Waals surface area contributed by atoms with Crippen molar-refractivity contribution in [2.24, 2.45) is 7.05 Å². The second-order valence-corrected chi connectivity index (χ2v) is 5.74. The molecule has 0 spiro atoms. The molecule has 0 aliphatic carbocycles. The Morgan fingerprint density at radius 3 is 2.54 bits per heavy atom. The molecule has 134 valence electrons. The molecule has 7 heteroatoms. The van der Waals surface area contributed by atoms with Crippen molar-refractivity contribution in [3.05, 3.63) is 65.9 Å². The van der Waals surface area contributed by atoms with Crippen LogP contribution in [0.2, 0.25) is 0 Å². The monoisotopic (exact) mass is 353 g/mol. The van der Waals surface area contributed by atoms with Crippen molar-refractivity contribution in [3.63, 3.8) is 0 Å². The van der Waals surface area contributed by atoms with Crippen molar-refractivity contribution in [3.8, 4) is 5.75 Å². The van der Waals surface area contributed by atoms with Gasteiger partial charge >= 0.3 is 0 Å². The van der Waals surface area contributed by atoms with Gasteiger partial charge in [0.05, 0.1) is 12.1 Å². The van der Waals surface area contributed by atoms with Crippen molar-refractivity contribution >= 4 is 22.7 Å². The number of aryl methyl sites for hydroxylation is 1. The summed E-state index contributed by atoms with van der Waals surface area (Å²) in [6, 6.07) is 14.1. The first-order chi connectivity index (χ1) is 12.6. The first kappa shape index (κ1) is 17.5. The lowest BCUT2D eigenvalue weighted by Gasteiger charge is -2.08. The van der Waals surface area contributed by atoms with E-state index in [1.165, 1.54) is 12.1 Å². The number of fused-ring (bicyclic) bond motifs is 1. The van der Waals surface area contributed by atoms with Gasteiger partial charge < -0.3 is 14.6 Å². The average Bonchev–Trinajstić information content (AvgIpc) is 3.02. The maximum atomic E-state index is 12.4. The predicted octanol–water partition coefficient (Wildman–Crippen LogP) is 2.11. The normalized spacial score (nSPS) is 10.5. The van der Waals surface area contributed by atoms with E-state index in [1.807, 2.05) is 42.1 Å². The van der Waals surface area contributed by atoms with Crippen molar-refractivity contribution < 1.29 is 19.5 Å². The summed E-state index contributed by atoms with van der Waals surface area (Å²) in [5, 5.41) is 12.3. The van der Waals surface area contributed by atoms with Gasteiger partial charge in [-0.2, -0.15) is 0 Å². The summed E-state index contributed by atoms with van der Waals surface area (Å²) in [6.07, 6.45) is 1.81. The van der Waals surface area contributed by atoms with Crippen LogP contribution >= 0.6 is 0 Å². The minimum atomic E-state index is -0.584. The van der Waals surface area contributed by atoms with Crippen LogP contribution in [0, 0.1) is 0 Å². The van der Waals surface area contributed by atoms with Gasteiger partial charge in [-0.15, -0.1) is 0 Å². The molecule has 3 aromatic rings. The van der Waals surface area contributed by atoms with Crippen LogP contribution in [0.25, 0.3) is 10.9 Å². The number of amides is 2. The zero-order valence-corrected chi connectivity index (χ0v) is 14.2. The van der Waals surface area contributed by atoms with Gasteiger partial charge in [0, 0.05) is 29.7 Å². The Morgan fingerprint density at radius 1 is 1.08 bits per heavy atom. The maximum absolute atomic E-state index is 12.4. The number of hydrogen-bond donors (Lipinski definition) is 3.